The fraction of sp³-hybridized carbons (Fsp3) is 0.200. The number of benzene rings is 1. The summed E-state index contributed by atoms with van der Waals surface area (Å²) in [5.74, 6) is -4.50. The number of hydrogen-bond donors (Lipinski definition) is 2. The summed E-state index contributed by atoms with van der Waals surface area (Å²) >= 11 is 18.5. The Labute approximate surface area is 204 Å². The van der Waals surface area contributed by atoms with Crippen LogP contribution in [0.15, 0.2) is 35.1 Å². The molecule has 34 heavy (non-hydrogen) atoms. The summed E-state index contributed by atoms with van der Waals surface area (Å²) in [6.07, 6.45) is 0.867. The van der Waals surface area contributed by atoms with Gasteiger partial charge in [-0.05, 0) is 12.1 Å². The normalized spacial score (nSPS) is 12.8. The van der Waals surface area contributed by atoms with Crippen LogP contribution in [0.1, 0.15) is 12.5 Å². The average Bonchev–Trinajstić information content (AvgIpc) is 3.40. The number of carbonyl (C=O) groups is 1. The fourth-order valence-corrected chi connectivity index (χ4v) is 3.60. The van der Waals surface area contributed by atoms with Crippen molar-refractivity contribution in [3.8, 4) is 28.7 Å². The third kappa shape index (κ3) is 4.78. The third-order valence-electron chi connectivity index (χ3n) is 4.60. The van der Waals surface area contributed by atoms with E-state index in [2.05, 4.69) is 15.1 Å². The highest BCUT2D eigenvalue weighted by Crippen LogP contribution is 2.37. The van der Waals surface area contributed by atoms with Crippen LogP contribution in [-0.2, 0) is 10.7 Å². The van der Waals surface area contributed by atoms with Crippen LogP contribution in [0.2, 0.25) is 15.1 Å². The first kappa shape index (κ1) is 24.1. The Morgan fingerprint density at radius 1 is 1.18 bits per heavy atom. The van der Waals surface area contributed by atoms with E-state index in [4.69, 9.17) is 49.2 Å². The van der Waals surface area contributed by atoms with Gasteiger partial charge in [-0.25, -0.2) is 18.6 Å². The van der Waals surface area contributed by atoms with Gasteiger partial charge in [-0.15, -0.1) is 0 Å². The van der Waals surface area contributed by atoms with Crippen LogP contribution in [0.5, 0.6) is 5.75 Å². The van der Waals surface area contributed by atoms with Crippen molar-refractivity contribution in [3.05, 3.63) is 51.2 Å². The molecule has 14 heteroatoms. The van der Waals surface area contributed by atoms with E-state index >= 15 is 0 Å². The lowest BCUT2D eigenvalue weighted by atomic mass is 10.2. The van der Waals surface area contributed by atoms with Crippen molar-refractivity contribution in [1.29, 1.82) is 0 Å². The number of aliphatic hydroxyl groups is 1. The van der Waals surface area contributed by atoms with E-state index in [1.54, 1.807) is 0 Å². The molecule has 3 heterocycles. The molecule has 0 aliphatic rings. The number of alkyl halides is 2. The van der Waals surface area contributed by atoms with Gasteiger partial charge < -0.3 is 23.9 Å². The molecule has 0 aliphatic carbocycles. The Balaban J connectivity index is 1.63. The van der Waals surface area contributed by atoms with Crippen LogP contribution in [0, 0.1) is 0 Å². The molecule has 178 valence electrons. The monoisotopic (exact) mass is 532 g/mol. The first-order valence-electron chi connectivity index (χ1n) is 9.37. The lowest BCUT2D eigenvalue weighted by molar-refractivity contribution is -0.148. The Kier molecular flexibility index (Phi) is 6.38. The van der Waals surface area contributed by atoms with Crippen molar-refractivity contribution >= 4 is 46.4 Å². The lowest BCUT2D eigenvalue weighted by Crippen LogP contribution is -2.26. The zero-order valence-corrected chi connectivity index (χ0v) is 19.2. The molecule has 1 unspecified atom stereocenters. The van der Waals surface area contributed by atoms with Gasteiger partial charge in [-0.3, -0.25) is 0 Å². The van der Waals surface area contributed by atoms with Gasteiger partial charge in [-0.1, -0.05) is 40.0 Å². The second-order valence-electron chi connectivity index (χ2n) is 7.17. The molecule has 4 rings (SSSR count). The Hall–Kier alpha value is -2.99. The van der Waals surface area contributed by atoms with Crippen LogP contribution in [0.4, 0.5) is 8.78 Å². The number of carboxylic acids is 1. The molecule has 0 bridgehead atoms. The van der Waals surface area contributed by atoms with Crippen LogP contribution in [0.25, 0.3) is 28.6 Å². The van der Waals surface area contributed by atoms with E-state index in [1.165, 1.54) is 28.9 Å². The maximum absolute atomic E-state index is 13.7. The number of rotatable bonds is 7. The van der Waals surface area contributed by atoms with E-state index in [-0.39, 0.29) is 55.0 Å². The molecule has 0 saturated carbocycles. The number of aliphatic carboxylic acids is 1. The van der Waals surface area contributed by atoms with Gasteiger partial charge in [0, 0.05) is 36.5 Å². The molecule has 0 spiro atoms. The summed E-state index contributed by atoms with van der Waals surface area (Å²) < 4.78 is 39.2. The van der Waals surface area contributed by atoms with E-state index in [1.807, 2.05) is 0 Å². The molecule has 3 aromatic heterocycles. The molecule has 0 aliphatic heterocycles. The zero-order chi connectivity index (χ0) is 24.8. The van der Waals surface area contributed by atoms with E-state index in [0.717, 1.165) is 13.0 Å². The van der Waals surface area contributed by atoms with Crippen LogP contribution in [0.3, 0.4) is 0 Å². The van der Waals surface area contributed by atoms with Crippen molar-refractivity contribution in [1.82, 2.24) is 19.5 Å². The molecule has 9 nitrogen and oxygen atoms in total. The summed E-state index contributed by atoms with van der Waals surface area (Å²) in [6.45, 7) is 0.214. The van der Waals surface area contributed by atoms with Crippen molar-refractivity contribution in [2.75, 3.05) is 6.61 Å². The van der Waals surface area contributed by atoms with Crippen LogP contribution in [-0.4, -0.2) is 48.4 Å². The largest absolute Gasteiger partial charge is 0.489 e. The lowest BCUT2D eigenvalue weighted by Gasteiger charge is -2.11. The Morgan fingerprint density at radius 3 is 2.59 bits per heavy atom. The van der Waals surface area contributed by atoms with Gasteiger partial charge in [0.2, 0.25) is 5.82 Å². The minimum absolute atomic E-state index is 0.0171. The molecule has 4 aromatic rings. The zero-order valence-electron chi connectivity index (χ0n) is 17.0. The van der Waals surface area contributed by atoms with Gasteiger partial charge in [0.25, 0.3) is 11.8 Å². The first-order valence-corrected chi connectivity index (χ1v) is 10.5. The topological polar surface area (TPSA) is 123 Å². The Bertz CT molecular complexity index is 1400. The maximum Gasteiger partial charge on any atom is 0.336 e. The predicted molar refractivity (Wildman–Crippen MR) is 118 cm³/mol. The van der Waals surface area contributed by atoms with Gasteiger partial charge in [-0.2, -0.15) is 4.98 Å². The summed E-state index contributed by atoms with van der Waals surface area (Å²) in [5, 5.41) is 22.1. The molecule has 0 saturated heterocycles. The van der Waals surface area contributed by atoms with Crippen molar-refractivity contribution in [2.45, 2.75) is 19.0 Å². The number of pyridine rings is 1. The van der Waals surface area contributed by atoms with Gasteiger partial charge >= 0.3 is 5.97 Å². The summed E-state index contributed by atoms with van der Waals surface area (Å²) in [6, 6.07) is 3.81. The van der Waals surface area contributed by atoms with Crippen LogP contribution >= 0.6 is 34.8 Å². The highest BCUT2D eigenvalue weighted by atomic mass is 35.5. The number of halogens is 5. The number of ether oxygens (including phenoxy) is 1. The Morgan fingerprint density at radius 2 is 1.91 bits per heavy atom. The second-order valence-corrected chi connectivity index (χ2v) is 8.39. The van der Waals surface area contributed by atoms with Crippen molar-refractivity contribution in [2.24, 2.45) is 0 Å². The predicted octanol–water partition coefficient (Wildman–Crippen LogP) is 4.95. The molecule has 0 amide bonds. The smallest absolute Gasteiger partial charge is 0.336 e. The second kappa shape index (κ2) is 8.99. The fourth-order valence-electron chi connectivity index (χ4n) is 2.89. The quantitative estimate of drug-likeness (QED) is 0.342. The SMILES string of the molecule is CC(F)(F)c1cc(Cl)c2nc(-c3nc(-c4cc(Cl)c(OCC(O)C(=O)O)cc4Cl)no3)cn2c1. The van der Waals surface area contributed by atoms with Gasteiger partial charge in [0.1, 0.15) is 18.1 Å². The van der Waals surface area contributed by atoms with E-state index in [0.29, 0.717) is 0 Å². The molecular weight excluding hydrogens is 521 g/mol. The first-order chi connectivity index (χ1) is 15.9. The third-order valence-corrected chi connectivity index (χ3v) is 5.49. The molecule has 0 fully saturated rings. The summed E-state index contributed by atoms with van der Waals surface area (Å²) in [7, 11) is 0. The van der Waals surface area contributed by atoms with Crippen molar-refractivity contribution < 1.29 is 33.0 Å². The number of carboxylic acid groups (broad SMARTS) is 1. The number of nitrogens with zero attached hydrogens (tertiary/aromatic N) is 4. The van der Waals surface area contributed by atoms with E-state index in [9.17, 15) is 18.7 Å². The number of aromatic nitrogens is 4. The van der Waals surface area contributed by atoms with E-state index < -0.39 is 24.6 Å². The molecule has 1 atom stereocenters. The molecular formula is C20H13Cl3F2N4O5. The molecule has 2 N–H and O–H groups in total. The number of aliphatic hydroxyl groups excluding tert-OH is 1. The summed E-state index contributed by atoms with van der Waals surface area (Å²) in [5.41, 5.74) is 0.375. The number of fused-ring (bicyclic) bond motifs is 1. The van der Waals surface area contributed by atoms with Gasteiger partial charge in [0.15, 0.2) is 11.8 Å². The minimum Gasteiger partial charge on any atom is -0.489 e. The van der Waals surface area contributed by atoms with Crippen molar-refractivity contribution in [3.63, 3.8) is 0 Å². The van der Waals surface area contributed by atoms with Crippen LogP contribution < -0.4 is 4.74 Å². The number of imidazole rings is 1. The minimum atomic E-state index is -3.10. The molecule has 1 aromatic carbocycles. The highest BCUT2D eigenvalue weighted by molar-refractivity contribution is 6.36. The number of hydrogen-bond acceptors (Lipinski definition) is 7. The van der Waals surface area contributed by atoms with Gasteiger partial charge in [0.05, 0.1) is 15.1 Å². The standard InChI is InChI=1S/C20H13Cl3F2N4O5/c1-20(24,25)8-2-12(23)17-26-13(6-29(17)5-8)18-27-16(28-34-18)9-3-11(22)15(4-10(9)21)33-7-14(30)19(31)32/h2-6,14,30H,7H2,1H3,(H,31,32). The average molecular weight is 534 g/mol. The summed E-state index contributed by atoms with van der Waals surface area (Å²) in [4.78, 5) is 19.2. The maximum atomic E-state index is 13.7. The highest BCUT2D eigenvalue weighted by Gasteiger charge is 2.27. The molecule has 0 radical (unpaired) electrons.